The lowest BCUT2D eigenvalue weighted by atomic mass is 10.2. The molecule has 1 heterocycles. The summed E-state index contributed by atoms with van der Waals surface area (Å²) in [6.45, 7) is -0.372. The summed E-state index contributed by atoms with van der Waals surface area (Å²) >= 11 is 5.99. The van der Waals surface area contributed by atoms with Crippen molar-refractivity contribution in [1.29, 1.82) is 0 Å². The van der Waals surface area contributed by atoms with Crippen LogP contribution in [0.3, 0.4) is 0 Å². The van der Waals surface area contributed by atoms with Gasteiger partial charge in [0, 0.05) is 29.6 Å². The van der Waals surface area contributed by atoms with Crippen LogP contribution in [0.15, 0.2) is 29.4 Å². The van der Waals surface area contributed by atoms with Crippen molar-refractivity contribution >= 4 is 23.5 Å². The van der Waals surface area contributed by atoms with Gasteiger partial charge < -0.3 is 10.5 Å². The Morgan fingerprint density at radius 3 is 2.81 bits per heavy atom. The number of benzene rings is 1. The molecule has 0 saturated carbocycles. The molecular formula is C18H17ClF3N3O. The van der Waals surface area contributed by atoms with Crippen LogP contribution in [0, 0.1) is 0 Å². The van der Waals surface area contributed by atoms with Crippen LogP contribution in [0.2, 0.25) is 5.15 Å². The first-order chi connectivity index (χ1) is 12.3. The van der Waals surface area contributed by atoms with E-state index < -0.39 is 19.2 Å². The average molecular weight is 384 g/mol. The molecule has 4 nitrogen and oxygen atoms in total. The van der Waals surface area contributed by atoms with Crippen molar-refractivity contribution in [2.75, 3.05) is 19.0 Å². The number of pyridine rings is 1. The highest BCUT2D eigenvalue weighted by molar-refractivity contribution is 6.32. The summed E-state index contributed by atoms with van der Waals surface area (Å²) in [6, 6.07) is 5.03. The van der Waals surface area contributed by atoms with Crippen LogP contribution in [0.1, 0.15) is 35.1 Å². The number of fused-ring (bicyclic) bond motifs is 1. The maximum atomic E-state index is 13.0. The van der Waals surface area contributed by atoms with E-state index in [0.717, 1.165) is 16.7 Å². The fraction of sp³-hybridized carbons (Fsp3) is 0.333. The molecule has 26 heavy (non-hydrogen) atoms. The van der Waals surface area contributed by atoms with Gasteiger partial charge in [-0.15, -0.1) is 0 Å². The zero-order chi connectivity index (χ0) is 18.9. The third-order valence-corrected chi connectivity index (χ3v) is 4.51. The topological polar surface area (TPSA) is 60.5 Å². The van der Waals surface area contributed by atoms with Gasteiger partial charge in [0.2, 0.25) is 0 Å². The van der Waals surface area contributed by atoms with E-state index in [1.807, 2.05) is 6.92 Å². The summed E-state index contributed by atoms with van der Waals surface area (Å²) in [6.07, 6.45) is 3.08. The molecule has 0 bridgehead atoms. The maximum absolute atomic E-state index is 13.0. The molecule has 2 aromatic rings. The van der Waals surface area contributed by atoms with E-state index in [0.29, 0.717) is 23.5 Å². The molecule has 1 aromatic carbocycles. The zero-order valence-corrected chi connectivity index (χ0v) is 14.7. The Labute approximate surface area is 153 Å². The van der Waals surface area contributed by atoms with Crippen LogP contribution in [0.25, 0.3) is 0 Å². The Hall–Kier alpha value is -2.28. The zero-order valence-electron chi connectivity index (χ0n) is 14.0. The van der Waals surface area contributed by atoms with Gasteiger partial charge >= 0.3 is 5.92 Å². The molecule has 0 aliphatic heterocycles. The number of hydrogen-bond acceptors (Lipinski definition) is 4. The fourth-order valence-electron chi connectivity index (χ4n) is 2.80. The van der Waals surface area contributed by atoms with Crippen LogP contribution in [-0.2, 0) is 6.54 Å². The molecular weight excluding hydrogens is 367 g/mol. The average Bonchev–Trinajstić information content (AvgIpc) is 3.28. The van der Waals surface area contributed by atoms with Gasteiger partial charge in [0.25, 0.3) is 0 Å². The molecule has 0 amide bonds. The molecule has 1 aliphatic carbocycles. The van der Waals surface area contributed by atoms with Crippen LogP contribution in [-0.4, -0.2) is 30.4 Å². The van der Waals surface area contributed by atoms with E-state index in [1.165, 1.54) is 6.20 Å². The summed E-state index contributed by atoms with van der Waals surface area (Å²) in [5, 5.41) is 0.274. The third kappa shape index (κ3) is 3.77. The van der Waals surface area contributed by atoms with Crippen LogP contribution >= 0.6 is 11.6 Å². The van der Waals surface area contributed by atoms with Gasteiger partial charge in [-0.05, 0) is 23.3 Å². The van der Waals surface area contributed by atoms with Gasteiger partial charge in [0.15, 0.2) is 13.3 Å². The van der Waals surface area contributed by atoms with Gasteiger partial charge in [-0.25, -0.2) is 9.37 Å². The molecule has 138 valence electrons. The van der Waals surface area contributed by atoms with Crippen molar-refractivity contribution in [3.05, 3.63) is 51.8 Å². The smallest absolute Gasteiger partial charge is 0.309 e. The minimum absolute atomic E-state index is 0.108. The molecule has 1 atom stereocenters. The Kier molecular flexibility index (Phi) is 5.09. The molecule has 1 aliphatic rings. The van der Waals surface area contributed by atoms with E-state index in [-0.39, 0.29) is 11.1 Å². The van der Waals surface area contributed by atoms with Crippen molar-refractivity contribution < 1.29 is 17.9 Å². The van der Waals surface area contributed by atoms with Crippen molar-refractivity contribution in [3.8, 4) is 5.75 Å². The van der Waals surface area contributed by atoms with E-state index in [9.17, 15) is 13.2 Å². The molecule has 2 N–H and O–H groups in total. The number of anilines is 1. The monoisotopic (exact) mass is 383 g/mol. The van der Waals surface area contributed by atoms with Crippen molar-refractivity contribution in [2.24, 2.45) is 4.99 Å². The first-order valence-corrected chi connectivity index (χ1v) is 8.34. The largest absolute Gasteiger partial charge is 0.487 e. The van der Waals surface area contributed by atoms with Gasteiger partial charge in [-0.1, -0.05) is 24.6 Å². The van der Waals surface area contributed by atoms with Gasteiger partial charge in [-0.3, -0.25) is 4.99 Å². The second kappa shape index (κ2) is 7.15. The van der Waals surface area contributed by atoms with Crippen LogP contribution in [0.5, 0.6) is 5.75 Å². The highest BCUT2D eigenvalue weighted by Gasteiger charge is 2.37. The van der Waals surface area contributed by atoms with E-state index in [2.05, 4.69) is 9.98 Å². The van der Waals surface area contributed by atoms with Gasteiger partial charge in [-0.2, -0.15) is 8.78 Å². The molecule has 1 unspecified atom stereocenters. The number of aliphatic imine (C=N–C) groups is 1. The predicted octanol–water partition coefficient (Wildman–Crippen LogP) is 4.39. The summed E-state index contributed by atoms with van der Waals surface area (Å²) in [4.78, 5) is 8.30. The number of hydrogen-bond donors (Lipinski definition) is 1. The lowest BCUT2D eigenvalue weighted by Gasteiger charge is -2.13. The third-order valence-electron chi connectivity index (χ3n) is 4.21. The highest BCUT2D eigenvalue weighted by Crippen LogP contribution is 2.51. The Bertz CT molecular complexity index is 838. The molecule has 8 heteroatoms. The summed E-state index contributed by atoms with van der Waals surface area (Å²) in [5.74, 6) is -3.00. The number of halogens is 4. The number of nitrogens with two attached hydrogens (primary N) is 1. The van der Waals surface area contributed by atoms with Crippen LogP contribution < -0.4 is 10.5 Å². The SMILES string of the molecule is CC1c2c(CN=Cc3c(N)ccnc3Cl)ccc(OCC(F)(F)CF)c21. The maximum Gasteiger partial charge on any atom is 0.309 e. The fourth-order valence-corrected chi connectivity index (χ4v) is 3.01. The van der Waals surface area contributed by atoms with E-state index in [1.54, 1.807) is 24.4 Å². The lowest BCUT2D eigenvalue weighted by molar-refractivity contribution is -0.0585. The molecule has 1 aromatic heterocycles. The number of aromatic nitrogens is 1. The normalized spacial score (nSPS) is 16.0. The van der Waals surface area contributed by atoms with Crippen molar-refractivity contribution in [1.82, 2.24) is 4.98 Å². The summed E-state index contributed by atoms with van der Waals surface area (Å²) < 4.78 is 43.3. The molecule has 0 fully saturated rings. The number of alkyl halides is 3. The summed E-state index contributed by atoms with van der Waals surface area (Å²) in [5.41, 5.74) is 9.73. The Morgan fingerprint density at radius 2 is 2.12 bits per heavy atom. The predicted molar refractivity (Wildman–Crippen MR) is 95.3 cm³/mol. The number of rotatable bonds is 7. The van der Waals surface area contributed by atoms with Crippen molar-refractivity contribution in [3.63, 3.8) is 0 Å². The number of ether oxygens (including phenoxy) is 1. The molecule has 0 radical (unpaired) electrons. The molecule has 3 rings (SSSR count). The van der Waals surface area contributed by atoms with E-state index in [4.69, 9.17) is 22.1 Å². The minimum Gasteiger partial charge on any atom is -0.487 e. The summed E-state index contributed by atoms with van der Waals surface area (Å²) in [7, 11) is 0. The van der Waals surface area contributed by atoms with Gasteiger partial charge in [0.05, 0.1) is 12.1 Å². The number of nitrogens with zero attached hydrogens (tertiary/aromatic N) is 2. The quantitative estimate of drug-likeness (QED) is 0.570. The Balaban J connectivity index is 1.71. The first-order valence-electron chi connectivity index (χ1n) is 7.96. The minimum atomic E-state index is -3.48. The van der Waals surface area contributed by atoms with E-state index >= 15 is 0 Å². The number of nitrogen functional groups attached to an aromatic ring is 1. The highest BCUT2D eigenvalue weighted by atomic mass is 35.5. The second-order valence-corrected chi connectivity index (χ2v) is 6.48. The van der Waals surface area contributed by atoms with Crippen molar-refractivity contribution in [2.45, 2.75) is 25.3 Å². The molecule has 0 saturated heterocycles. The standard InChI is InChI=1S/C18H17ClF3N3O/c1-10-15-11(6-24-7-12-13(23)4-5-25-17(12)19)2-3-14(16(10)15)26-9-18(21,22)8-20/h2-5,7,10H,6,8-9H2,1H3,(H2,23,25). The second-order valence-electron chi connectivity index (χ2n) is 6.12. The van der Waals surface area contributed by atoms with Gasteiger partial charge in [0.1, 0.15) is 10.9 Å². The van der Waals surface area contributed by atoms with Crippen LogP contribution in [0.4, 0.5) is 18.9 Å². The Morgan fingerprint density at radius 1 is 1.35 bits per heavy atom. The first kappa shape index (κ1) is 18.5. The molecule has 0 spiro atoms. The lowest BCUT2D eigenvalue weighted by Crippen LogP contribution is -2.27.